The van der Waals surface area contributed by atoms with E-state index in [0.717, 1.165) is 5.56 Å². The molecule has 3 aromatic rings. The van der Waals surface area contributed by atoms with Gasteiger partial charge in [0.25, 0.3) is 5.91 Å². The van der Waals surface area contributed by atoms with Crippen LogP contribution in [0.1, 0.15) is 15.9 Å². The van der Waals surface area contributed by atoms with Crippen LogP contribution in [0, 0.1) is 6.92 Å². The van der Waals surface area contributed by atoms with Crippen molar-refractivity contribution < 1.29 is 13.9 Å². The van der Waals surface area contributed by atoms with Crippen molar-refractivity contribution in [3.8, 4) is 5.75 Å². The number of nitrogens with one attached hydrogen (secondary N) is 1. The molecule has 6 heteroatoms. The van der Waals surface area contributed by atoms with Crippen molar-refractivity contribution in [2.75, 3.05) is 12.4 Å². The molecule has 1 N–H and O–H groups in total. The Morgan fingerprint density at radius 3 is 2.78 bits per heavy atom. The van der Waals surface area contributed by atoms with Gasteiger partial charge in [-0.15, -0.1) is 0 Å². The molecule has 0 aliphatic carbocycles. The van der Waals surface area contributed by atoms with Gasteiger partial charge < -0.3 is 14.5 Å². The van der Waals surface area contributed by atoms with E-state index in [1.807, 2.05) is 13.0 Å². The van der Waals surface area contributed by atoms with Crippen LogP contribution in [0.3, 0.4) is 0 Å². The Bertz CT molecular complexity index is 947. The number of aromatic nitrogens is 1. The Labute approximate surface area is 131 Å². The topological polar surface area (TPSA) is 81.4 Å². The van der Waals surface area contributed by atoms with E-state index < -0.39 is 11.5 Å². The van der Waals surface area contributed by atoms with E-state index in [2.05, 4.69) is 10.3 Å². The predicted molar refractivity (Wildman–Crippen MR) is 86.0 cm³/mol. The van der Waals surface area contributed by atoms with Gasteiger partial charge in [0.1, 0.15) is 22.7 Å². The summed E-state index contributed by atoms with van der Waals surface area (Å²) in [6, 6.07) is 10.1. The Morgan fingerprint density at radius 2 is 2.04 bits per heavy atom. The van der Waals surface area contributed by atoms with E-state index in [-0.39, 0.29) is 5.56 Å². The third-order valence-corrected chi connectivity index (χ3v) is 3.34. The zero-order chi connectivity index (χ0) is 16.4. The number of nitrogens with zero attached hydrogens (tertiary/aromatic N) is 1. The number of hydrogen-bond acceptors (Lipinski definition) is 5. The highest BCUT2D eigenvalue weighted by atomic mass is 16.5. The number of hydrogen-bond donors (Lipinski definition) is 1. The van der Waals surface area contributed by atoms with Gasteiger partial charge in [-0.05, 0) is 42.8 Å². The highest BCUT2D eigenvalue weighted by molar-refractivity contribution is 6.05. The lowest BCUT2D eigenvalue weighted by Gasteiger charge is -2.06. The minimum absolute atomic E-state index is 0.0778. The predicted octanol–water partition coefficient (Wildman–Crippen LogP) is 2.76. The van der Waals surface area contributed by atoms with Gasteiger partial charge in [0.05, 0.1) is 7.11 Å². The van der Waals surface area contributed by atoms with Crippen molar-refractivity contribution in [3.63, 3.8) is 0 Å². The number of pyridine rings is 1. The summed E-state index contributed by atoms with van der Waals surface area (Å²) in [7, 11) is 1.52. The van der Waals surface area contributed by atoms with Gasteiger partial charge in [-0.25, -0.2) is 9.78 Å². The number of benzene rings is 1. The summed E-state index contributed by atoms with van der Waals surface area (Å²) in [6.07, 6.45) is 1.58. The monoisotopic (exact) mass is 310 g/mol. The number of anilines is 1. The minimum Gasteiger partial charge on any atom is -0.497 e. The van der Waals surface area contributed by atoms with Crippen LogP contribution in [0.2, 0.25) is 0 Å². The number of carbonyl (C=O) groups excluding carboxylic acids is 1. The third kappa shape index (κ3) is 3.06. The summed E-state index contributed by atoms with van der Waals surface area (Å²) in [6.45, 7) is 1.88. The van der Waals surface area contributed by atoms with Gasteiger partial charge in [-0.3, -0.25) is 4.79 Å². The molecule has 23 heavy (non-hydrogen) atoms. The Hall–Kier alpha value is -3.15. The van der Waals surface area contributed by atoms with Crippen LogP contribution in [-0.4, -0.2) is 18.0 Å². The second-order valence-electron chi connectivity index (χ2n) is 5.02. The molecule has 0 fully saturated rings. The van der Waals surface area contributed by atoms with Crippen LogP contribution < -0.4 is 15.7 Å². The molecule has 2 aromatic heterocycles. The van der Waals surface area contributed by atoms with E-state index in [1.54, 1.807) is 30.5 Å². The maximum atomic E-state index is 12.3. The number of fused-ring (bicyclic) bond motifs is 1. The molecule has 0 saturated carbocycles. The molecule has 0 spiro atoms. The van der Waals surface area contributed by atoms with Crippen molar-refractivity contribution in [1.82, 2.24) is 4.98 Å². The standard InChI is InChI=1S/C17H14N2O4/c1-10-5-6-18-15(7-10)19-16(20)13-8-11-3-4-12(22-2)9-14(11)23-17(13)21/h3-9H,1-2H3,(H,18,19,20). The molecule has 0 aliphatic heterocycles. The SMILES string of the molecule is COc1ccc2cc(C(=O)Nc3cc(C)ccn3)c(=O)oc2c1. The molecule has 0 aliphatic rings. The smallest absolute Gasteiger partial charge is 0.349 e. The van der Waals surface area contributed by atoms with E-state index in [0.29, 0.717) is 22.5 Å². The molecule has 0 unspecified atom stereocenters. The molecular formula is C17H14N2O4. The van der Waals surface area contributed by atoms with Crippen LogP contribution in [0.15, 0.2) is 51.8 Å². The van der Waals surface area contributed by atoms with Crippen LogP contribution in [0.4, 0.5) is 5.82 Å². The van der Waals surface area contributed by atoms with Gasteiger partial charge in [-0.1, -0.05) is 0 Å². The normalized spacial score (nSPS) is 10.5. The quantitative estimate of drug-likeness (QED) is 0.752. The fourth-order valence-corrected chi connectivity index (χ4v) is 2.16. The molecule has 3 rings (SSSR count). The zero-order valence-electron chi connectivity index (χ0n) is 12.6. The van der Waals surface area contributed by atoms with Crippen molar-refractivity contribution in [1.29, 1.82) is 0 Å². The number of carbonyl (C=O) groups is 1. The van der Waals surface area contributed by atoms with Gasteiger partial charge in [0.15, 0.2) is 0 Å². The average molecular weight is 310 g/mol. The van der Waals surface area contributed by atoms with E-state index >= 15 is 0 Å². The molecule has 1 amide bonds. The molecule has 2 heterocycles. The Balaban J connectivity index is 1.97. The first-order valence-electron chi connectivity index (χ1n) is 6.93. The summed E-state index contributed by atoms with van der Waals surface area (Å²) in [5.74, 6) is 0.389. The molecule has 1 aromatic carbocycles. The molecular weight excluding hydrogens is 296 g/mol. The lowest BCUT2D eigenvalue weighted by atomic mass is 10.1. The van der Waals surface area contributed by atoms with Crippen LogP contribution >= 0.6 is 0 Å². The third-order valence-electron chi connectivity index (χ3n) is 3.34. The maximum Gasteiger partial charge on any atom is 0.349 e. The van der Waals surface area contributed by atoms with E-state index in [9.17, 15) is 9.59 Å². The van der Waals surface area contributed by atoms with Crippen molar-refractivity contribution in [3.05, 3.63) is 64.1 Å². The average Bonchev–Trinajstić information content (AvgIpc) is 2.53. The van der Waals surface area contributed by atoms with E-state index in [4.69, 9.17) is 9.15 Å². The van der Waals surface area contributed by atoms with Crippen molar-refractivity contribution in [2.24, 2.45) is 0 Å². The lowest BCUT2D eigenvalue weighted by molar-refractivity contribution is 0.102. The molecule has 0 atom stereocenters. The highest BCUT2D eigenvalue weighted by Crippen LogP contribution is 2.20. The number of aryl methyl sites for hydroxylation is 1. The first kappa shape index (κ1) is 14.8. The largest absolute Gasteiger partial charge is 0.497 e. The van der Waals surface area contributed by atoms with Crippen LogP contribution in [-0.2, 0) is 0 Å². The fraction of sp³-hybridized carbons (Fsp3) is 0.118. The maximum absolute atomic E-state index is 12.3. The minimum atomic E-state index is -0.712. The molecule has 0 saturated heterocycles. The molecule has 6 nitrogen and oxygen atoms in total. The summed E-state index contributed by atoms with van der Waals surface area (Å²) in [4.78, 5) is 28.4. The highest BCUT2D eigenvalue weighted by Gasteiger charge is 2.15. The van der Waals surface area contributed by atoms with Gasteiger partial charge >= 0.3 is 5.63 Å². The summed E-state index contributed by atoms with van der Waals surface area (Å²) in [5, 5.41) is 3.22. The number of ether oxygens (including phenoxy) is 1. The number of rotatable bonds is 3. The van der Waals surface area contributed by atoms with Gasteiger partial charge in [0.2, 0.25) is 0 Å². The zero-order valence-corrected chi connectivity index (χ0v) is 12.6. The lowest BCUT2D eigenvalue weighted by Crippen LogP contribution is -2.21. The first-order valence-corrected chi connectivity index (χ1v) is 6.93. The van der Waals surface area contributed by atoms with Crippen molar-refractivity contribution >= 4 is 22.7 Å². The van der Waals surface area contributed by atoms with Gasteiger partial charge in [0, 0.05) is 17.6 Å². The van der Waals surface area contributed by atoms with Crippen molar-refractivity contribution in [2.45, 2.75) is 6.92 Å². The van der Waals surface area contributed by atoms with Crippen LogP contribution in [0.25, 0.3) is 11.0 Å². The molecule has 116 valence electrons. The summed E-state index contributed by atoms with van der Waals surface area (Å²) in [5.41, 5.74) is 0.523. The molecule has 0 radical (unpaired) electrons. The summed E-state index contributed by atoms with van der Waals surface area (Å²) >= 11 is 0. The second-order valence-corrected chi connectivity index (χ2v) is 5.02. The number of methoxy groups -OCH3 is 1. The molecule has 0 bridgehead atoms. The van der Waals surface area contributed by atoms with E-state index in [1.165, 1.54) is 13.2 Å². The van der Waals surface area contributed by atoms with Gasteiger partial charge in [-0.2, -0.15) is 0 Å². The Kier molecular flexibility index (Phi) is 3.80. The first-order chi connectivity index (χ1) is 11.1. The summed E-state index contributed by atoms with van der Waals surface area (Å²) < 4.78 is 10.3. The second kappa shape index (κ2) is 5.92. The fourth-order valence-electron chi connectivity index (χ4n) is 2.16. The van der Waals surface area contributed by atoms with Crippen LogP contribution in [0.5, 0.6) is 5.75 Å². The Morgan fingerprint density at radius 1 is 1.22 bits per heavy atom. The number of amides is 1.